The summed E-state index contributed by atoms with van der Waals surface area (Å²) < 4.78 is 0.903. The third-order valence-electron chi connectivity index (χ3n) is 4.63. The molecule has 0 aliphatic rings. The van der Waals surface area contributed by atoms with Crippen molar-refractivity contribution in [3.05, 3.63) is 66.2 Å². The van der Waals surface area contributed by atoms with E-state index < -0.39 is 0 Å². The summed E-state index contributed by atoms with van der Waals surface area (Å²) in [6.07, 6.45) is 1.25. The Labute approximate surface area is 188 Å². The minimum absolute atomic E-state index is 0.0442. The third kappa shape index (κ3) is 4.87. The zero-order chi connectivity index (χ0) is 21.8. The average molecular weight is 449 g/mol. The number of amides is 2. The fourth-order valence-corrected chi connectivity index (χ4v) is 4.35. The quantitative estimate of drug-likeness (QED) is 0.360. The second-order valence-corrected chi connectivity index (χ2v) is 8.37. The van der Waals surface area contributed by atoms with E-state index in [4.69, 9.17) is 12.2 Å². The van der Waals surface area contributed by atoms with Gasteiger partial charge in [0.25, 0.3) is 5.91 Å². The number of fused-ring (bicyclic) bond motifs is 2. The van der Waals surface area contributed by atoms with Crippen LogP contribution in [0.15, 0.2) is 60.7 Å². The van der Waals surface area contributed by atoms with Gasteiger partial charge in [0.2, 0.25) is 5.91 Å². The van der Waals surface area contributed by atoms with Crippen LogP contribution in [0, 0.1) is 0 Å². The molecule has 1 heterocycles. The number of anilines is 2. The van der Waals surface area contributed by atoms with Gasteiger partial charge in [0.1, 0.15) is 0 Å². The minimum Gasteiger partial charge on any atom is -0.332 e. The molecule has 3 N–H and O–H groups in total. The van der Waals surface area contributed by atoms with Crippen LogP contribution in [0.25, 0.3) is 21.0 Å². The summed E-state index contributed by atoms with van der Waals surface area (Å²) in [5, 5.41) is 11.2. The molecule has 4 rings (SSSR count). The van der Waals surface area contributed by atoms with Crippen molar-refractivity contribution in [2.24, 2.45) is 0 Å². The summed E-state index contributed by atoms with van der Waals surface area (Å²) in [6.45, 7) is 1.96. The molecule has 0 unspecified atom stereocenters. The van der Waals surface area contributed by atoms with E-state index in [0.717, 1.165) is 33.1 Å². The van der Waals surface area contributed by atoms with E-state index in [9.17, 15) is 9.59 Å². The molecule has 1 aromatic heterocycles. The van der Waals surface area contributed by atoms with Gasteiger partial charge in [-0.1, -0.05) is 54.7 Å². The van der Waals surface area contributed by atoms with Crippen LogP contribution in [0.3, 0.4) is 0 Å². The van der Waals surface area contributed by atoms with Gasteiger partial charge in [-0.3, -0.25) is 14.9 Å². The van der Waals surface area contributed by atoms with Crippen LogP contribution < -0.4 is 16.0 Å². The zero-order valence-corrected chi connectivity index (χ0v) is 18.4. The van der Waals surface area contributed by atoms with E-state index in [2.05, 4.69) is 20.9 Å². The first kappa shape index (κ1) is 20.9. The van der Waals surface area contributed by atoms with Crippen LogP contribution in [0.4, 0.5) is 10.8 Å². The molecule has 31 heavy (non-hydrogen) atoms. The summed E-state index contributed by atoms with van der Waals surface area (Å²) in [6, 6.07) is 18.9. The van der Waals surface area contributed by atoms with E-state index in [-0.39, 0.29) is 16.9 Å². The highest BCUT2D eigenvalue weighted by Gasteiger charge is 2.12. The number of aromatic nitrogens is 1. The molecule has 0 saturated carbocycles. The van der Waals surface area contributed by atoms with Gasteiger partial charge in [-0.05, 0) is 53.7 Å². The van der Waals surface area contributed by atoms with Crippen molar-refractivity contribution in [3.63, 3.8) is 0 Å². The average Bonchev–Trinajstić information content (AvgIpc) is 3.14. The van der Waals surface area contributed by atoms with Crippen molar-refractivity contribution < 1.29 is 9.59 Å². The number of rotatable bonds is 5. The number of hydrogen-bond acceptors (Lipinski definition) is 5. The van der Waals surface area contributed by atoms with Gasteiger partial charge in [0.05, 0.1) is 10.2 Å². The van der Waals surface area contributed by atoms with Crippen molar-refractivity contribution >= 4 is 72.3 Å². The Bertz CT molecular complexity index is 1290. The number of hydrogen-bond donors (Lipinski definition) is 3. The van der Waals surface area contributed by atoms with E-state index in [1.165, 1.54) is 11.3 Å². The molecule has 6 nitrogen and oxygen atoms in total. The summed E-state index contributed by atoms with van der Waals surface area (Å²) in [7, 11) is 0. The van der Waals surface area contributed by atoms with Gasteiger partial charge in [-0.2, -0.15) is 0 Å². The molecule has 0 saturated heterocycles. The van der Waals surface area contributed by atoms with Crippen LogP contribution in [-0.2, 0) is 4.79 Å². The molecular formula is C23H20N4O2S2. The highest BCUT2D eigenvalue weighted by molar-refractivity contribution is 7.80. The first-order valence-electron chi connectivity index (χ1n) is 9.84. The SMILES string of the molecule is CCCC(=O)Nc1nc2ccc(NC(=S)NC(=O)c3cccc4ccccc34)cc2s1. The largest absolute Gasteiger partial charge is 0.332 e. The van der Waals surface area contributed by atoms with Gasteiger partial charge in [-0.15, -0.1) is 0 Å². The molecule has 0 aliphatic heterocycles. The highest BCUT2D eigenvalue weighted by atomic mass is 32.1. The lowest BCUT2D eigenvalue weighted by atomic mass is 10.0. The summed E-state index contributed by atoms with van der Waals surface area (Å²) >= 11 is 6.73. The van der Waals surface area contributed by atoms with E-state index in [1.807, 2.05) is 61.5 Å². The van der Waals surface area contributed by atoms with Gasteiger partial charge < -0.3 is 10.6 Å². The number of benzene rings is 3. The normalized spacial score (nSPS) is 10.7. The Balaban J connectivity index is 1.45. The van der Waals surface area contributed by atoms with E-state index in [0.29, 0.717) is 17.1 Å². The zero-order valence-electron chi connectivity index (χ0n) is 16.8. The molecule has 2 amide bonds. The monoisotopic (exact) mass is 448 g/mol. The van der Waals surface area contributed by atoms with Crippen LogP contribution in [0.5, 0.6) is 0 Å². The Morgan fingerprint density at radius 2 is 1.84 bits per heavy atom. The molecule has 0 aliphatic carbocycles. The molecule has 4 aromatic rings. The van der Waals surface area contributed by atoms with Crippen molar-refractivity contribution in [1.29, 1.82) is 0 Å². The van der Waals surface area contributed by atoms with E-state index in [1.54, 1.807) is 6.07 Å². The topological polar surface area (TPSA) is 83.1 Å². The lowest BCUT2D eigenvalue weighted by Crippen LogP contribution is -2.34. The van der Waals surface area contributed by atoms with Gasteiger partial charge in [-0.25, -0.2) is 4.98 Å². The smallest absolute Gasteiger partial charge is 0.258 e. The molecule has 0 bridgehead atoms. The van der Waals surface area contributed by atoms with Crippen molar-refractivity contribution in [2.75, 3.05) is 10.6 Å². The minimum atomic E-state index is -0.269. The van der Waals surface area contributed by atoms with Crippen LogP contribution >= 0.6 is 23.6 Å². The highest BCUT2D eigenvalue weighted by Crippen LogP contribution is 2.28. The fourth-order valence-electron chi connectivity index (χ4n) is 3.22. The summed E-state index contributed by atoms with van der Waals surface area (Å²) in [5.41, 5.74) is 2.08. The third-order valence-corrected chi connectivity index (χ3v) is 5.77. The maximum absolute atomic E-state index is 12.7. The number of thiazole rings is 1. The molecule has 156 valence electrons. The van der Waals surface area contributed by atoms with Gasteiger partial charge in [0.15, 0.2) is 10.2 Å². The lowest BCUT2D eigenvalue weighted by Gasteiger charge is -2.11. The van der Waals surface area contributed by atoms with Crippen molar-refractivity contribution in [3.8, 4) is 0 Å². The first-order valence-corrected chi connectivity index (χ1v) is 11.1. The number of thiocarbonyl (C=S) groups is 1. The van der Waals surface area contributed by atoms with Gasteiger partial charge >= 0.3 is 0 Å². The standard InChI is InChI=1S/C23H20N4O2S2/c1-2-6-20(28)26-23-25-18-12-11-15(13-19(18)31-23)24-22(30)27-21(29)17-10-5-8-14-7-3-4-9-16(14)17/h3-5,7-13H,2,6H2,1H3,(H,25,26,28)(H2,24,27,29,30). The molecule has 0 spiro atoms. The number of nitrogens with one attached hydrogen (secondary N) is 3. The van der Waals surface area contributed by atoms with Crippen molar-refractivity contribution in [1.82, 2.24) is 10.3 Å². The van der Waals surface area contributed by atoms with E-state index >= 15 is 0 Å². The Kier molecular flexibility index (Phi) is 6.20. The Morgan fingerprint density at radius 3 is 2.68 bits per heavy atom. The number of nitrogens with zero attached hydrogens (tertiary/aromatic N) is 1. The van der Waals surface area contributed by atoms with Gasteiger partial charge in [0, 0.05) is 17.7 Å². The Morgan fingerprint density at radius 1 is 1.03 bits per heavy atom. The Hall–Kier alpha value is -3.36. The molecule has 0 atom stereocenters. The first-order chi connectivity index (χ1) is 15.0. The maximum atomic E-state index is 12.7. The molecule has 3 aromatic carbocycles. The van der Waals surface area contributed by atoms with Crippen molar-refractivity contribution in [2.45, 2.75) is 19.8 Å². The summed E-state index contributed by atoms with van der Waals surface area (Å²) in [5.74, 6) is -0.314. The van der Waals surface area contributed by atoms with Crippen LogP contribution in [-0.4, -0.2) is 21.9 Å². The molecular weight excluding hydrogens is 428 g/mol. The predicted octanol–water partition coefficient (Wildman–Crippen LogP) is 5.31. The maximum Gasteiger partial charge on any atom is 0.258 e. The number of carbonyl (C=O) groups is 2. The predicted molar refractivity (Wildman–Crippen MR) is 131 cm³/mol. The summed E-state index contributed by atoms with van der Waals surface area (Å²) in [4.78, 5) is 29.0. The fraction of sp³-hybridized carbons (Fsp3) is 0.130. The molecule has 0 fully saturated rings. The second kappa shape index (κ2) is 9.20. The molecule has 8 heteroatoms. The number of carbonyl (C=O) groups excluding carboxylic acids is 2. The second-order valence-electron chi connectivity index (χ2n) is 6.93. The van der Waals surface area contributed by atoms with Crippen LogP contribution in [0.1, 0.15) is 30.1 Å². The lowest BCUT2D eigenvalue weighted by molar-refractivity contribution is -0.116. The van der Waals surface area contributed by atoms with Crippen LogP contribution in [0.2, 0.25) is 0 Å². The molecule has 0 radical (unpaired) electrons.